The van der Waals surface area contributed by atoms with Crippen LogP contribution in [-0.4, -0.2) is 55.0 Å². The van der Waals surface area contributed by atoms with E-state index in [1.165, 1.54) is 4.31 Å². The minimum absolute atomic E-state index is 0.0981. The Labute approximate surface area is 90.8 Å². The van der Waals surface area contributed by atoms with E-state index in [1.807, 2.05) is 6.92 Å². The normalized spacial score (nSPS) is 22.9. The molecule has 0 radical (unpaired) electrons. The minimum atomic E-state index is -3.29. The predicted molar refractivity (Wildman–Crippen MR) is 56.9 cm³/mol. The van der Waals surface area contributed by atoms with Gasteiger partial charge in [0, 0.05) is 19.7 Å². The summed E-state index contributed by atoms with van der Waals surface area (Å²) in [5, 5.41) is 17.8. The zero-order valence-corrected chi connectivity index (χ0v) is 9.83. The molecule has 5 nitrogen and oxygen atoms in total. The van der Waals surface area contributed by atoms with Crippen LogP contribution >= 0.6 is 0 Å². The fourth-order valence-electron chi connectivity index (χ4n) is 1.71. The smallest absolute Gasteiger partial charge is 0.216 e. The molecule has 0 saturated carbocycles. The van der Waals surface area contributed by atoms with Gasteiger partial charge < -0.3 is 10.2 Å². The Balaban J connectivity index is 2.58. The van der Waals surface area contributed by atoms with E-state index in [0.717, 1.165) is 0 Å². The molecule has 0 unspecified atom stereocenters. The summed E-state index contributed by atoms with van der Waals surface area (Å²) in [6.45, 7) is 2.61. The van der Waals surface area contributed by atoms with E-state index in [9.17, 15) is 8.42 Å². The first-order valence-corrected chi connectivity index (χ1v) is 6.74. The highest BCUT2D eigenvalue weighted by molar-refractivity contribution is 7.89. The Kier molecular flexibility index (Phi) is 4.11. The first-order chi connectivity index (χ1) is 6.93. The average Bonchev–Trinajstić information content (AvgIpc) is 2.18. The van der Waals surface area contributed by atoms with Crippen molar-refractivity contribution in [3.63, 3.8) is 0 Å². The second-order valence-electron chi connectivity index (χ2n) is 4.41. The van der Waals surface area contributed by atoms with Crippen molar-refractivity contribution in [3.05, 3.63) is 0 Å². The van der Waals surface area contributed by atoms with Crippen molar-refractivity contribution in [1.82, 2.24) is 4.31 Å². The van der Waals surface area contributed by atoms with Gasteiger partial charge in [-0.3, -0.25) is 0 Å². The van der Waals surface area contributed by atoms with Crippen LogP contribution in [0, 0.1) is 5.41 Å². The second kappa shape index (κ2) is 4.78. The molecule has 0 aliphatic carbocycles. The van der Waals surface area contributed by atoms with Gasteiger partial charge in [0.25, 0.3) is 0 Å². The third-order valence-electron chi connectivity index (χ3n) is 3.05. The standard InChI is InChI=1S/C9H19NO4S/c1-9(8-12)2-4-10(5-3-9)15(13,14)7-6-11/h11-12H,2-8H2,1H3. The number of rotatable bonds is 4. The lowest BCUT2D eigenvalue weighted by Crippen LogP contribution is -2.44. The molecule has 0 atom stereocenters. The summed E-state index contributed by atoms with van der Waals surface area (Å²) in [5.74, 6) is -0.206. The quantitative estimate of drug-likeness (QED) is 0.684. The van der Waals surface area contributed by atoms with Crippen LogP contribution in [-0.2, 0) is 10.0 Å². The Hall–Kier alpha value is -0.170. The maximum atomic E-state index is 11.6. The molecule has 1 rings (SSSR count). The fourth-order valence-corrected chi connectivity index (χ4v) is 2.93. The largest absolute Gasteiger partial charge is 0.396 e. The Morgan fingerprint density at radius 3 is 2.20 bits per heavy atom. The van der Waals surface area contributed by atoms with E-state index in [0.29, 0.717) is 25.9 Å². The molecule has 2 N–H and O–H groups in total. The van der Waals surface area contributed by atoms with Crippen molar-refractivity contribution in [2.24, 2.45) is 5.41 Å². The van der Waals surface area contributed by atoms with Gasteiger partial charge in [-0.05, 0) is 18.3 Å². The Morgan fingerprint density at radius 2 is 1.80 bits per heavy atom. The molecule has 1 heterocycles. The summed E-state index contributed by atoms with van der Waals surface area (Å²) in [4.78, 5) is 0. The Bertz CT molecular complexity index is 293. The van der Waals surface area contributed by atoms with Gasteiger partial charge >= 0.3 is 0 Å². The van der Waals surface area contributed by atoms with Crippen molar-refractivity contribution in [2.75, 3.05) is 32.1 Å². The first kappa shape index (κ1) is 12.9. The highest BCUT2D eigenvalue weighted by Crippen LogP contribution is 2.31. The second-order valence-corrected chi connectivity index (χ2v) is 6.50. The molecule has 90 valence electrons. The molecule has 0 aromatic heterocycles. The van der Waals surface area contributed by atoms with Crippen LogP contribution < -0.4 is 0 Å². The molecule has 1 aliphatic heterocycles. The van der Waals surface area contributed by atoms with E-state index < -0.39 is 10.0 Å². The van der Waals surface area contributed by atoms with E-state index >= 15 is 0 Å². The number of aliphatic hydroxyl groups excluding tert-OH is 2. The minimum Gasteiger partial charge on any atom is -0.396 e. The van der Waals surface area contributed by atoms with Gasteiger partial charge in [0.2, 0.25) is 10.0 Å². The molecule has 0 aromatic rings. The van der Waals surface area contributed by atoms with Gasteiger partial charge in [-0.25, -0.2) is 12.7 Å². The van der Waals surface area contributed by atoms with Gasteiger partial charge in [0.15, 0.2) is 0 Å². The number of nitrogens with zero attached hydrogens (tertiary/aromatic N) is 1. The SMILES string of the molecule is CC1(CO)CCN(S(=O)(=O)CCO)CC1. The van der Waals surface area contributed by atoms with Crippen LogP contribution in [0.1, 0.15) is 19.8 Å². The average molecular weight is 237 g/mol. The maximum absolute atomic E-state index is 11.6. The number of aliphatic hydroxyl groups is 2. The van der Waals surface area contributed by atoms with Gasteiger partial charge in [0.05, 0.1) is 12.4 Å². The summed E-state index contributed by atoms with van der Waals surface area (Å²) in [7, 11) is -3.29. The van der Waals surface area contributed by atoms with E-state index in [2.05, 4.69) is 0 Å². The Morgan fingerprint density at radius 1 is 1.27 bits per heavy atom. The summed E-state index contributed by atoms with van der Waals surface area (Å²) < 4.78 is 24.6. The lowest BCUT2D eigenvalue weighted by molar-refractivity contribution is 0.0851. The summed E-state index contributed by atoms with van der Waals surface area (Å²) in [5.41, 5.74) is -0.148. The molecule has 0 aromatic carbocycles. The maximum Gasteiger partial charge on any atom is 0.216 e. The van der Waals surface area contributed by atoms with E-state index in [-0.39, 0.29) is 24.4 Å². The lowest BCUT2D eigenvalue weighted by Gasteiger charge is -2.37. The number of hydrogen-bond donors (Lipinski definition) is 2. The molecular weight excluding hydrogens is 218 g/mol. The summed E-state index contributed by atoms with van der Waals surface area (Å²) >= 11 is 0. The van der Waals surface area contributed by atoms with Crippen LogP contribution in [0.5, 0.6) is 0 Å². The van der Waals surface area contributed by atoms with Crippen LogP contribution in [0.2, 0.25) is 0 Å². The highest BCUT2D eigenvalue weighted by atomic mass is 32.2. The molecule has 1 fully saturated rings. The zero-order chi connectivity index (χ0) is 11.5. The van der Waals surface area contributed by atoms with Gasteiger partial charge in [-0.15, -0.1) is 0 Å². The first-order valence-electron chi connectivity index (χ1n) is 5.13. The molecule has 0 spiro atoms. The monoisotopic (exact) mass is 237 g/mol. The molecule has 15 heavy (non-hydrogen) atoms. The van der Waals surface area contributed by atoms with Crippen molar-refractivity contribution < 1.29 is 18.6 Å². The van der Waals surface area contributed by atoms with Crippen molar-refractivity contribution in [2.45, 2.75) is 19.8 Å². The van der Waals surface area contributed by atoms with Crippen LogP contribution in [0.3, 0.4) is 0 Å². The topological polar surface area (TPSA) is 77.8 Å². The summed E-state index contributed by atoms with van der Waals surface area (Å²) in [6, 6.07) is 0. The molecular formula is C9H19NO4S. The lowest BCUT2D eigenvalue weighted by atomic mass is 9.82. The van der Waals surface area contributed by atoms with Crippen molar-refractivity contribution in [3.8, 4) is 0 Å². The van der Waals surface area contributed by atoms with Gasteiger partial charge in [0.1, 0.15) is 0 Å². The highest BCUT2D eigenvalue weighted by Gasteiger charge is 2.33. The van der Waals surface area contributed by atoms with Crippen LogP contribution in [0.4, 0.5) is 0 Å². The molecule has 0 bridgehead atoms. The number of piperidine rings is 1. The van der Waals surface area contributed by atoms with Gasteiger partial charge in [-0.1, -0.05) is 6.92 Å². The fraction of sp³-hybridized carbons (Fsp3) is 1.00. The number of sulfonamides is 1. The molecule has 6 heteroatoms. The van der Waals surface area contributed by atoms with Crippen LogP contribution in [0.25, 0.3) is 0 Å². The molecule has 0 amide bonds. The van der Waals surface area contributed by atoms with Crippen molar-refractivity contribution >= 4 is 10.0 Å². The molecule has 1 saturated heterocycles. The summed E-state index contributed by atoms with van der Waals surface area (Å²) in [6.07, 6.45) is 1.35. The number of hydrogen-bond acceptors (Lipinski definition) is 4. The predicted octanol–water partition coefficient (Wildman–Crippen LogP) is -0.597. The third-order valence-corrected chi connectivity index (χ3v) is 4.90. The third kappa shape index (κ3) is 3.14. The van der Waals surface area contributed by atoms with Gasteiger partial charge in [-0.2, -0.15) is 0 Å². The van der Waals surface area contributed by atoms with E-state index in [1.54, 1.807) is 0 Å². The van der Waals surface area contributed by atoms with Crippen molar-refractivity contribution in [1.29, 1.82) is 0 Å². The molecule has 1 aliphatic rings. The van der Waals surface area contributed by atoms with E-state index in [4.69, 9.17) is 10.2 Å². The zero-order valence-electron chi connectivity index (χ0n) is 9.02. The van der Waals surface area contributed by atoms with Crippen LogP contribution in [0.15, 0.2) is 0 Å².